The fourth-order valence-electron chi connectivity index (χ4n) is 0. The standard InChI is InChI=1S/CH4N2O.3ClH.La/c2-1(3)4;;;;/h(H4,2,3,4);3*1H;/q;;;;+3/p-3. The maximum absolute atomic E-state index is 9.00. The van der Waals surface area contributed by atoms with Crippen molar-refractivity contribution in [3.8, 4) is 0 Å². The minimum atomic E-state index is -2.31. The van der Waals surface area contributed by atoms with E-state index in [2.05, 4.69) is 11.5 Å². The van der Waals surface area contributed by atoms with Crippen molar-refractivity contribution < 1.29 is 30.5 Å². The van der Waals surface area contributed by atoms with Gasteiger partial charge in [-0.3, -0.25) is 0 Å². The van der Waals surface area contributed by atoms with Crippen molar-refractivity contribution in [2.45, 2.75) is 0 Å². The molecular formula is CH4Cl3LaN2O. The van der Waals surface area contributed by atoms with Crippen LogP contribution in [0.1, 0.15) is 0 Å². The number of urea groups is 1. The molecule has 48 valence electrons. The van der Waals surface area contributed by atoms with E-state index in [1.54, 1.807) is 0 Å². The van der Waals surface area contributed by atoms with Gasteiger partial charge >= 0.3 is 52.1 Å². The van der Waals surface area contributed by atoms with Crippen LogP contribution in [0, 0.1) is 25.7 Å². The second kappa shape index (κ2) is 8.33. The van der Waals surface area contributed by atoms with Crippen LogP contribution in [0.2, 0.25) is 0 Å². The Hall–Kier alpha value is 1.33. The first kappa shape index (κ1) is 12.1. The zero-order valence-corrected chi connectivity index (χ0v) is 9.67. The Morgan fingerprint density at radius 3 is 1.25 bits per heavy atom. The molecule has 3 nitrogen and oxygen atoms in total. The first-order valence-electron chi connectivity index (χ1n) is 1.44. The van der Waals surface area contributed by atoms with Gasteiger partial charge in [-0.05, 0) is 0 Å². The maximum atomic E-state index is 9.00. The van der Waals surface area contributed by atoms with Crippen LogP contribution in [0.25, 0.3) is 0 Å². The molecule has 0 aliphatic heterocycles. The van der Waals surface area contributed by atoms with Gasteiger partial charge in [0.1, 0.15) is 0 Å². The third-order valence-electron chi connectivity index (χ3n) is 0. The van der Waals surface area contributed by atoms with Crippen LogP contribution in [0.15, 0.2) is 0 Å². The summed E-state index contributed by atoms with van der Waals surface area (Å²) in [5, 5.41) is 0. The van der Waals surface area contributed by atoms with Crippen molar-refractivity contribution in [3.05, 3.63) is 0 Å². The molecule has 0 fully saturated rings. The molecule has 2 amide bonds. The van der Waals surface area contributed by atoms with Crippen molar-refractivity contribution in [2.75, 3.05) is 0 Å². The predicted molar refractivity (Wildman–Crippen MR) is 31.3 cm³/mol. The molecule has 0 atom stereocenters. The summed E-state index contributed by atoms with van der Waals surface area (Å²) in [6, 6.07) is -0.833. The van der Waals surface area contributed by atoms with Crippen molar-refractivity contribution in [3.63, 3.8) is 0 Å². The van der Waals surface area contributed by atoms with Gasteiger partial charge in [-0.15, -0.1) is 0 Å². The first-order valence-corrected chi connectivity index (χ1v) is 15.1. The van der Waals surface area contributed by atoms with Gasteiger partial charge in [0.2, 0.25) is 0 Å². The number of rotatable bonds is 0. The predicted octanol–water partition coefficient (Wildman–Crippen LogP) is 1.09. The number of hydrogen-bond donors (Lipinski definition) is 2. The van der Waals surface area contributed by atoms with E-state index >= 15 is 0 Å². The molecule has 0 unspecified atom stereocenters. The van der Waals surface area contributed by atoms with Crippen molar-refractivity contribution >= 4 is 26.4 Å². The molecule has 0 saturated carbocycles. The number of hydrogen-bond acceptors (Lipinski definition) is 1. The quantitative estimate of drug-likeness (QED) is 0.691. The minimum absolute atomic E-state index is 0.833. The summed E-state index contributed by atoms with van der Waals surface area (Å²) >= 11 is -2.31. The Kier molecular flexibility index (Phi) is 12.6. The summed E-state index contributed by atoms with van der Waals surface area (Å²) in [6.45, 7) is 15.1. The molecule has 0 rings (SSSR count). The normalized spacial score (nSPS) is 6.38. The first-order chi connectivity index (χ1) is 3.46. The molecule has 0 aromatic rings. The molecule has 0 radical (unpaired) electrons. The molecule has 0 heterocycles. The van der Waals surface area contributed by atoms with Crippen molar-refractivity contribution in [1.82, 2.24) is 0 Å². The van der Waals surface area contributed by atoms with Crippen LogP contribution in [0.3, 0.4) is 0 Å². The average molecular weight is 305 g/mol. The van der Waals surface area contributed by atoms with Gasteiger partial charge in [0.05, 0.1) is 0 Å². The van der Waals surface area contributed by atoms with Crippen LogP contribution < -0.4 is 11.5 Å². The Balaban J connectivity index is 0. The van der Waals surface area contributed by atoms with Gasteiger partial charge in [0.25, 0.3) is 0 Å². The Morgan fingerprint density at radius 2 is 1.25 bits per heavy atom. The zero-order chi connectivity index (χ0) is 7.15. The van der Waals surface area contributed by atoms with E-state index in [1.807, 2.05) is 0 Å². The zero-order valence-electron chi connectivity index (χ0n) is 3.77. The summed E-state index contributed by atoms with van der Waals surface area (Å²) in [7, 11) is 0. The monoisotopic (exact) mass is 304 g/mol. The molecule has 0 saturated heterocycles. The summed E-state index contributed by atoms with van der Waals surface area (Å²) in [6.07, 6.45) is 0. The van der Waals surface area contributed by atoms with E-state index in [1.165, 1.54) is 0 Å². The van der Waals surface area contributed by atoms with Gasteiger partial charge < -0.3 is 11.5 Å². The molecular weight excluding hydrogens is 301 g/mol. The molecule has 0 bridgehead atoms. The summed E-state index contributed by atoms with van der Waals surface area (Å²) in [5.74, 6) is 0. The van der Waals surface area contributed by atoms with Gasteiger partial charge in [-0.25, -0.2) is 4.79 Å². The van der Waals surface area contributed by atoms with Crippen molar-refractivity contribution in [2.24, 2.45) is 11.5 Å². The average Bonchev–Trinajstić information content (AvgIpc) is 1.25. The van der Waals surface area contributed by atoms with E-state index in [-0.39, 0.29) is 0 Å². The van der Waals surface area contributed by atoms with Crippen LogP contribution >= 0.6 is 20.4 Å². The van der Waals surface area contributed by atoms with Gasteiger partial charge in [0.15, 0.2) is 0 Å². The topological polar surface area (TPSA) is 69.1 Å². The van der Waals surface area contributed by atoms with Crippen LogP contribution in [-0.4, -0.2) is 6.03 Å². The third-order valence-corrected chi connectivity index (χ3v) is 0. The molecule has 7 heteroatoms. The molecule has 0 aromatic heterocycles. The second-order valence-corrected chi connectivity index (χ2v) is 16.6. The van der Waals surface area contributed by atoms with Gasteiger partial charge in [-0.2, -0.15) is 0 Å². The van der Waals surface area contributed by atoms with E-state index < -0.39 is 31.7 Å². The molecule has 0 spiro atoms. The number of primary amides is 2. The summed E-state index contributed by atoms with van der Waals surface area (Å²) < 4.78 is 0. The number of carbonyl (C=O) groups is 1. The van der Waals surface area contributed by atoms with E-state index in [9.17, 15) is 0 Å². The van der Waals surface area contributed by atoms with Gasteiger partial charge in [0, 0.05) is 0 Å². The molecule has 0 aliphatic rings. The molecule has 0 aliphatic carbocycles. The SMILES string of the molecule is NC(N)=O.[Cl][La]([Cl])[Cl]. The van der Waals surface area contributed by atoms with Gasteiger partial charge in [-0.1, -0.05) is 0 Å². The third kappa shape index (κ3) is 165. The second-order valence-electron chi connectivity index (χ2n) is 0.650. The van der Waals surface area contributed by atoms with Crippen LogP contribution in [0.5, 0.6) is 0 Å². The fourth-order valence-corrected chi connectivity index (χ4v) is 0. The van der Waals surface area contributed by atoms with Crippen molar-refractivity contribution in [1.29, 1.82) is 0 Å². The number of halogens is 3. The number of carbonyl (C=O) groups excluding carboxylic acids is 1. The fraction of sp³-hybridized carbons (Fsp3) is 0. The summed E-state index contributed by atoms with van der Waals surface area (Å²) in [5.41, 5.74) is 8.50. The van der Waals surface area contributed by atoms with Crippen LogP contribution in [-0.2, 0) is 0 Å². The van der Waals surface area contributed by atoms with E-state index in [0.29, 0.717) is 0 Å². The molecule has 0 aromatic carbocycles. The van der Waals surface area contributed by atoms with E-state index in [4.69, 9.17) is 25.2 Å². The van der Waals surface area contributed by atoms with E-state index in [0.717, 1.165) is 0 Å². The molecule has 8 heavy (non-hydrogen) atoms. The number of amides is 2. The summed E-state index contributed by atoms with van der Waals surface area (Å²) in [4.78, 5) is 9.00. The number of nitrogens with two attached hydrogens (primary N) is 2. The van der Waals surface area contributed by atoms with Crippen LogP contribution in [0.4, 0.5) is 4.79 Å². The molecule has 4 N–H and O–H groups in total. The Morgan fingerprint density at radius 1 is 1.25 bits per heavy atom. The Bertz CT molecular complexity index is 61.5. The Labute approximate surface area is 67.4 Å².